The fourth-order valence-electron chi connectivity index (χ4n) is 1.46. The lowest BCUT2D eigenvalue weighted by Gasteiger charge is -2.04. The van der Waals surface area contributed by atoms with Crippen LogP contribution in [0.25, 0.3) is 0 Å². The van der Waals surface area contributed by atoms with E-state index in [0.717, 1.165) is 6.07 Å². The Labute approximate surface area is 107 Å². The predicted molar refractivity (Wildman–Crippen MR) is 66.7 cm³/mol. The normalized spacial score (nSPS) is 10.6. The predicted octanol–water partition coefficient (Wildman–Crippen LogP) is 3.98. The number of rotatable bonds is 3. The number of halogens is 3. The molecule has 0 heterocycles. The molecule has 0 aliphatic carbocycles. The molecule has 94 valence electrons. The maximum Gasteiger partial charge on any atom is 0.147 e. The molecule has 0 saturated carbocycles. The molecule has 0 aliphatic heterocycles. The molecule has 0 unspecified atom stereocenters. The van der Waals surface area contributed by atoms with Gasteiger partial charge in [0.15, 0.2) is 0 Å². The fourth-order valence-corrected chi connectivity index (χ4v) is 2.31. The summed E-state index contributed by atoms with van der Waals surface area (Å²) in [6.07, 6.45) is 0. The second-order valence-electron chi connectivity index (χ2n) is 3.75. The van der Waals surface area contributed by atoms with Gasteiger partial charge in [-0.05, 0) is 35.9 Å². The van der Waals surface area contributed by atoms with Gasteiger partial charge in [-0.1, -0.05) is 0 Å². The zero-order valence-corrected chi connectivity index (χ0v) is 10.1. The van der Waals surface area contributed by atoms with E-state index in [1.54, 1.807) is 6.07 Å². The van der Waals surface area contributed by atoms with Crippen LogP contribution in [-0.4, -0.2) is 0 Å². The molecule has 0 aromatic heterocycles. The lowest BCUT2D eigenvalue weighted by molar-refractivity contribution is 0.581. The van der Waals surface area contributed by atoms with Gasteiger partial charge in [0.05, 0.1) is 5.69 Å². The summed E-state index contributed by atoms with van der Waals surface area (Å²) >= 11 is 1.28. The summed E-state index contributed by atoms with van der Waals surface area (Å²) < 4.78 is 39.1. The third kappa shape index (κ3) is 3.20. The largest absolute Gasteiger partial charge is 0.396 e. The van der Waals surface area contributed by atoms with Crippen LogP contribution in [0.1, 0.15) is 5.56 Å². The van der Waals surface area contributed by atoms with Gasteiger partial charge >= 0.3 is 0 Å². The zero-order chi connectivity index (χ0) is 13.1. The highest BCUT2D eigenvalue weighted by molar-refractivity contribution is 7.98. The highest BCUT2D eigenvalue weighted by Crippen LogP contribution is 2.25. The quantitative estimate of drug-likeness (QED) is 0.673. The number of nitrogen functional groups attached to an aromatic ring is 1. The van der Waals surface area contributed by atoms with Gasteiger partial charge in [-0.25, -0.2) is 13.2 Å². The van der Waals surface area contributed by atoms with Gasteiger partial charge in [0.2, 0.25) is 0 Å². The second-order valence-corrected chi connectivity index (χ2v) is 4.80. The Kier molecular flexibility index (Phi) is 3.81. The topological polar surface area (TPSA) is 26.0 Å². The van der Waals surface area contributed by atoms with Gasteiger partial charge in [-0.2, -0.15) is 0 Å². The Morgan fingerprint density at radius 3 is 2.22 bits per heavy atom. The van der Waals surface area contributed by atoms with Gasteiger partial charge in [0, 0.05) is 16.7 Å². The summed E-state index contributed by atoms with van der Waals surface area (Å²) in [5, 5.41) is 0. The van der Waals surface area contributed by atoms with E-state index in [0.29, 0.717) is 16.2 Å². The highest BCUT2D eigenvalue weighted by Gasteiger charge is 2.04. The van der Waals surface area contributed by atoms with Crippen LogP contribution < -0.4 is 5.73 Å². The molecule has 0 spiro atoms. The molecule has 0 aliphatic rings. The van der Waals surface area contributed by atoms with E-state index in [2.05, 4.69) is 0 Å². The minimum absolute atomic E-state index is 0.0798. The number of benzene rings is 2. The van der Waals surface area contributed by atoms with E-state index < -0.39 is 17.5 Å². The number of hydrogen-bond donors (Lipinski definition) is 1. The molecule has 2 rings (SSSR count). The molecular formula is C13H10F3NS. The van der Waals surface area contributed by atoms with E-state index in [9.17, 15) is 13.2 Å². The first-order chi connectivity index (χ1) is 8.54. The monoisotopic (exact) mass is 269 g/mol. The van der Waals surface area contributed by atoms with E-state index in [4.69, 9.17) is 5.73 Å². The summed E-state index contributed by atoms with van der Waals surface area (Å²) in [5.41, 5.74) is 5.94. The van der Waals surface area contributed by atoms with Crippen LogP contribution in [0.15, 0.2) is 41.3 Å². The maximum absolute atomic E-state index is 13.2. The number of thioether (sulfide) groups is 1. The van der Waals surface area contributed by atoms with Crippen LogP contribution in [0.4, 0.5) is 18.9 Å². The van der Waals surface area contributed by atoms with E-state index in [1.165, 1.54) is 36.0 Å². The van der Waals surface area contributed by atoms with Gasteiger partial charge < -0.3 is 5.73 Å². The molecule has 0 fully saturated rings. The van der Waals surface area contributed by atoms with Crippen LogP contribution in [0.3, 0.4) is 0 Å². The minimum atomic E-state index is -0.617. The highest BCUT2D eigenvalue weighted by atomic mass is 32.2. The summed E-state index contributed by atoms with van der Waals surface area (Å²) in [6.45, 7) is 0. The van der Waals surface area contributed by atoms with Crippen molar-refractivity contribution in [3.63, 3.8) is 0 Å². The van der Waals surface area contributed by atoms with E-state index in [1.807, 2.05) is 0 Å². The fraction of sp³-hybridized carbons (Fsp3) is 0.0769. The lowest BCUT2D eigenvalue weighted by atomic mass is 10.2. The first kappa shape index (κ1) is 12.8. The Bertz CT molecular complexity index is 552. The molecule has 2 aromatic carbocycles. The van der Waals surface area contributed by atoms with Gasteiger partial charge in [-0.15, -0.1) is 11.8 Å². The Morgan fingerprint density at radius 2 is 1.61 bits per heavy atom. The summed E-state index contributed by atoms with van der Waals surface area (Å²) in [6, 6.07) is 7.75. The van der Waals surface area contributed by atoms with Crippen molar-refractivity contribution in [1.29, 1.82) is 0 Å². The van der Waals surface area contributed by atoms with E-state index >= 15 is 0 Å². The number of nitrogens with two attached hydrogens (primary N) is 1. The van der Waals surface area contributed by atoms with Crippen molar-refractivity contribution in [1.82, 2.24) is 0 Å². The molecule has 0 radical (unpaired) electrons. The van der Waals surface area contributed by atoms with E-state index in [-0.39, 0.29) is 5.69 Å². The SMILES string of the molecule is Nc1ccc(SCc2cc(F)cc(F)c2)cc1F. The molecule has 1 nitrogen and oxygen atoms in total. The van der Waals surface area contributed by atoms with Crippen molar-refractivity contribution >= 4 is 17.4 Å². The third-order valence-corrected chi connectivity index (χ3v) is 3.36. The van der Waals surface area contributed by atoms with Crippen LogP contribution >= 0.6 is 11.8 Å². The van der Waals surface area contributed by atoms with Gasteiger partial charge in [-0.3, -0.25) is 0 Å². The molecule has 0 bridgehead atoms. The van der Waals surface area contributed by atoms with Crippen molar-refractivity contribution in [2.45, 2.75) is 10.6 Å². The average Bonchev–Trinajstić information content (AvgIpc) is 2.29. The van der Waals surface area contributed by atoms with Crippen LogP contribution in [0.5, 0.6) is 0 Å². The summed E-state index contributed by atoms with van der Waals surface area (Å²) in [7, 11) is 0. The molecule has 0 amide bonds. The van der Waals surface area contributed by atoms with Gasteiger partial charge in [0.25, 0.3) is 0 Å². The number of anilines is 1. The van der Waals surface area contributed by atoms with Crippen LogP contribution in [0, 0.1) is 17.5 Å². The first-order valence-electron chi connectivity index (χ1n) is 5.17. The Balaban J connectivity index is 2.08. The van der Waals surface area contributed by atoms with Crippen LogP contribution in [-0.2, 0) is 5.75 Å². The smallest absolute Gasteiger partial charge is 0.147 e. The van der Waals surface area contributed by atoms with Crippen molar-refractivity contribution in [2.75, 3.05) is 5.73 Å². The molecule has 2 N–H and O–H groups in total. The third-order valence-electron chi connectivity index (χ3n) is 2.30. The molecule has 5 heteroatoms. The Morgan fingerprint density at radius 1 is 0.944 bits per heavy atom. The summed E-state index contributed by atoms with van der Waals surface area (Å²) in [4.78, 5) is 0.659. The van der Waals surface area contributed by atoms with Crippen LogP contribution in [0.2, 0.25) is 0 Å². The Hall–Kier alpha value is -1.62. The first-order valence-corrected chi connectivity index (χ1v) is 6.16. The minimum Gasteiger partial charge on any atom is -0.396 e. The molecular weight excluding hydrogens is 259 g/mol. The standard InChI is InChI=1S/C13H10F3NS/c14-9-3-8(4-10(15)5-9)7-18-11-1-2-13(17)12(16)6-11/h1-6H,7,17H2. The average molecular weight is 269 g/mol. The molecule has 0 saturated heterocycles. The maximum atomic E-state index is 13.2. The van der Waals surface area contributed by atoms with Crippen molar-refractivity contribution in [3.8, 4) is 0 Å². The van der Waals surface area contributed by atoms with Crippen molar-refractivity contribution in [2.24, 2.45) is 0 Å². The van der Waals surface area contributed by atoms with Crippen molar-refractivity contribution < 1.29 is 13.2 Å². The van der Waals surface area contributed by atoms with Crippen molar-refractivity contribution in [3.05, 3.63) is 59.4 Å². The zero-order valence-electron chi connectivity index (χ0n) is 9.29. The molecule has 2 aromatic rings. The number of hydrogen-bond acceptors (Lipinski definition) is 2. The molecule has 18 heavy (non-hydrogen) atoms. The van der Waals surface area contributed by atoms with Gasteiger partial charge in [0.1, 0.15) is 17.5 Å². The lowest BCUT2D eigenvalue weighted by Crippen LogP contribution is -1.90. The second kappa shape index (κ2) is 5.35. The molecule has 0 atom stereocenters. The summed E-state index contributed by atoms with van der Waals surface area (Å²) in [5.74, 6) is -1.37.